The van der Waals surface area contributed by atoms with Gasteiger partial charge in [0.2, 0.25) is 0 Å². The van der Waals surface area contributed by atoms with E-state index in [1.54, 1.807) is 0 Å². The minimum absolute atomic E-state index is 0.0821. The molecule has 2 aromatic carbocycles. The summed E-state index contributed by atoms with van der Waals surface area (Å²) in [5, 5.41) is 5.39. The standard InChI is InChI=1S/C17H17FN2O3S/c1-24(22,23)16-9-7-12(10-14(16)18)19-17(21)20-15-8-6-11-4-2-3-5-13(11)15/h2-5,7,9-10,15H,6,8H2,1H3,(H2,19,20,21). The molecule has 126 valence electrons. The number of nitrogens with one attached hydrogen (secondary N) is 2. The van der Waals surface area contributed by atoms with Crippen molar-refractivity contribution < 1.29 is 17.6 Å². The summed E-state index contributed by atoms with van der Waals surface area (Å²) in [6.07, 6.45) is 2.65. The first-order chi connectivity index (χ1) is 11.3. The van der Waals surface area contributed by atoms with Crippen LogP contribution < -0.4 is 10.6 Å². The van der Waals surface area contributed by atoms with Crippen LogP contribution >= 0.6 is 0 Å². The molecule has 2 N–H and O–H groups in total. The summed E-state index contributed by atoms with van der Waals surface area (Å²) in [6, 6.07) is 10.9. The zero-order valence-electron chi connectivity index (χ0n) is 13.0. The van der Waals surface area contributed by atoms with Crippen molar-refractivity contribution in [2.75, 3.05) is 11.6 Å². The van der Waals surface area contributed by atoms with Gasteiger partial charge in [0.15, 0.2) is 9.84 Å². The van der Waals surface area contributed by atoms with Gasteiger partial charge in [-0.25, -0.2) is 17.6 Å². The van der Waals surface area contributed by atoms with Crippen molar-refractivity contribution in [1.29, 1.82) is 0 Å². The van der Waals surface area contributed by atoms with Gasteiger partial charge in [0.1, 0.15) is 10.7 Å². The highest BCUT2D eigenvalue weighted by molar-refractivity contribution is 7.90. The molecule has 2 aromatic rings. The van der Waals surface area contributed by atoms with Crippen molar-refractivity contribution in [2.45, 2.75) is 23.8 Å². The van der Waals surface area contributed by atoms with Gasteiger partial charge in [-0.15, -0.1) is 0 Å². The molecule has 1 unspecified atom stereocenters. The molecule has 1 aliphatic carbocycles. The van der Waals surface area contributed by atoms with Crippen LogP contribution in [0.2, 0.25) is 0 Å². The zero-order chi connectivity index (χ0) is 17.3. The number of rotatable bonds is 3. The number of hydrogen-bond donors (Lipinski definition) is 2. The lowest BCUT2D eigenvalue weighted by Gasteiger charge is -2.15. The number of benzene rings is 2. The molecular weight excluding hydrogens is 331 g/mol. The van der Waals surface area contributed by atoms with Gasteiger partial charge in [-0.3, -0.25) is 0 Å². The third-order valence-corrected chi connectivity index (χ3v) is 5.16. The zero-order valence-corrected chi connectivity index (χ0v) is 13.9. The van der Waals surface area contributed by atoms with E-state index in [2.05, 4.69) is 10.6 Å². The number of sulfone groups is 1. The van der Waals surface area contributed by atoms with Crippen molar-refractivity contribution in [3.05, 3.63) is 59.4 Å². The third-order valence-electron chi connectivity index (χ3n) is 4.03. The fourth-order valence-electron chi connectivity index (χ4n) is 2.91. The SMILES string of the molecule is CS(=O)(=O)c1ccc(NC(=O)NC2CCc3ccccc32)cc1F. The maximum Gasteiger partial charge on any atom is 0.319 e. The first-order valence-corrected chi connectivity index (χ1v) is 9.38. The fraction of sp³-hybridized carbons (Fsp3) is 0.235. The van der Waals surface area contributed by atoms with Gasteiger partial charge in [-0.2, -0.15) is 0 Å². The van der Waals surface area contributed by atoms with E-state index in [0.717, 1.165) is 36.8 Å². The molecule has 0 aromatic heterocycles. The minimum Gasteiger partial charge on any atom is -0.331 e. The van der Waals surface area contributed by atoms with Crippen LogP contribution in [0.5, 0.6) is 0 Å². The van der Waals surface area contributed by atoms with Crippen molar-refractivity contribution in [2.24, 2.45) is 0 Å². The first-order valence-electron chi connectivity index (χ1n) is 7.49. The number of hydrogen-bond acceptors (Lipinski definition) is 3. The average molecular weight is 348 g/mol. The molecule has 3 rings (SSSR count). The van der Waals surface area contributed by atoms with Crippen LogP contribution in [0.4, 0.5) is 14.9 Å². The molecule has 0 saturated heterocycles. The second-order valence-electron chi connectivity index (χ2n) is 5.81. The van der Waals surface area contributed by atoms with Crippen LogP contribution in [0, 0.1) is 5.82 Å². The molecule has 0 aliphatic heterocycles. The molecule has 7 heteroatoms. The fourth-order valence-corrected chi connectivity index (χ4v) is 3.64. The summed E-state index contributed by atoms with van der Waals surface area (Å²) >= 11 is 0. The average Bonchev–Trinajstić information content (AvgIpc) is 2.89. The molecule has 0 saturated carbocycles. The van der Waals surface area contributed by atoms with Gasteiger partial charge in [-0.05, 0) is 42.2 Å². The van der Waals surface area contributed by atoms with Crippen LogP contribution in [0.1, 0.15) is 23.6 Å². The minimum atomic E-state index is -3.63. The van der Waals surface area contributed by atoms with Crippen LogP contribution in [0.15, 0.2) is 47.4 Å². The maximum absolute atomic E-state index is 13.8. The molecule has 0 heterocycles. The second kappa shape index (κ2) is 6.24. The Kier molecular flexibility index (Phi) is 4.28. The summed E-state index contributed by atoms with van der Waals surface area (Å²) in [5.41, 5.74) is 2.50. The van der Waals surface area contributed by atoms with Gasteiger partial charge >= 0.3 is 6.03 Å². The lowest BCUT2D eigenvalue weighted by molar-refractivity contribution is 0.248. The summed E-state index contributed by atoms with van der Waals surface area (Å²) in [6.45, 7) is 0. The lowest BCUT2D eigenvalue weighted by atomic mass is 10.1. The van der Waals surface area contributed by atoms with E-state index < -0.39 is 26.6 Å². The summed E-state index contributed by atoms with van der Waals surface area (Å²) in [4.78, 5) is 11.7. The molecule has 24 heavy (non-hydrogen) atoms. The Morgan fingerprint density at radius 2 is 1.96 bits per heavy atom. The highest BCUT2D eigenvalue weighted by Gasteiger charge is 2.23. The summed E-state index contributed by atoms with van der Waals surface area (Å²) < 4.78 is 36.6. The molecule has 0 fully saturated rings. The molecular formula is C17H17FN2O3S. The van der Waals surface area contributed by atoms with Crippen LogP contribution in [-0.4, -0.2) is 20.7 Å². The number of halogens is 1. The monoisotopic (exact) mass is 348 g/mol. The largest absolute Gasteiger partial charge is 0.331 e. The van der Waals surface area contributed by atoms with Crippen molar-refractivity contribution in [1.82, 2.24) is 5.32 Å². The highest BCUT2D eigenvalue weighted by Crippen LogP contribution is 2.30. The Morgan fingerprint density at radius 3 is 2.67 bits per heavy atom. The van der Waals surface area contributed by atoms with Gasteiger partial charge < -0.3 is 10.6 Å². The predicted octanol–water partition coefficient (Wildman–Crippen LogP) is 3.04. The predicted molar refractivity (Wildman–Crippen MR) is 89.2 cm³/mol. The van der Waals surface area contributed by atoms with Crippen LogP contribution in [0.3, 0.4) is 0 Å². The number of urea groups is 1. The lowest BCUT2D eigenvalue weighted by Crippen LogP contribution is -2.31. The smallest absolute Gasteiger partial charge is 0.319 e. The highest BCUT2D eigenvalue weighted by atomic mass is 32.2. The molecule has 0 spiro atoms. The first kappa shape index (κ1) is 16.4. The van der Waals surface area contributed by atoms with E-state index >= 15 is 0 Å². The molecule has 1 aliphatic rings. The second-order valence-corrected chi connectivity index (χ2v) is 7.79. The number of aryl methyl sites for hydroxylation is 1. The maximum atomic E-state index is 13.8. The van der Waals surface area contributed by atoms with E-state index in [9.17, 15) is 17.6 Å². The number of amides is 2. The summed E-state index contributed by atoms with van der Waals surface area (Å²) in [7, 11) is -3.63. The van der Waals surface area contributed by atoms with Crippen molar-refractivity contribution in [3.8, 4) is 0 Å². The molecule has 2 amide bonds. The van der Waals surface area contributed by atoms with Gasteiger partial charge in [0, 0.05) is 11.9 Å². The van der Waals surface area contributed by atoms with Gasteiger partial charge in [0.25, 0.3) is 0 Å². The topological polar surface area (TPSA) is 75.3 Å². The summed E-state index contributed by atoms with van der Waals surface area (Å²) in [5.74, 6) is -0.887. The molecule has 1 atom stereocenters. The van der Waals surface area contributed by atoms with Crippen molar-refractivity contribution in [3.63, 3.8) is 0 Å². The quantitative estimate of drug-likeness (QED) is 0.895. The number of anilines is 1. The number of fused-ring (bicyclic) bond motifs is 1. The number of carbonyl (C=O) groups is 1. The Bertz CT molecular complexity index is 896. The van der Waals surface area contributed by atoms with Gasteiger partial charge in [-0.1, -0.05) is 24.3 Å². The van der Waals surface area contributed by atoms with E-state index in [1.165, 1.54) is 11.6 Å². The van der Waals surface area contributed by atoms with Gasteiger partial charge in [0.05, 0.1) is 6.04 Å². The molecule has 5 nitrogen and oxygen atoms in total. The van der Waals surface area contributed by atoms with Crippen LogP contribution in [-0.2, 0) is 16.3 Å². The van der Waals surface area contributed by atoms with Crippen LogP contribution in [0.25, 0.3) is 0 Å². The molecule has 0 radical (unpaired) electrons. The van der Waals surface area contributed by atoms with E-state index in [0.29, 0.717) is 0 Å². The number of carbonyl (C=O) groups excluding carboxylic acids is 1. The molecule has 0 bridgehead atoms. The Morgan fingerprint density at radius 1 is 1.21 bits per heavy atom. The van der Waals surface area contributed by atoms with Crippen molar-refractivity contribution >= 4 is 21.6 Å². The Hall–Kier alpha value is -2.41. The van der Waals surface area contributed by atoms with E-state index in [4.69, 9.17) is 0 Å². The Labute approximate surface area is 139 Å². The normalized spacial score (nSPS) is 16.5. The van der Waals surface area contributed by atoms with E-state index in [1.807, 2.05) is 24.3 Å². The van der Waals surface area contributed by atoms with E-state index in [-0.39, 0.29) is 11.7 Å². The third kappa shape index (κ3) is 3.41. The Balaban J connectivity index is 1.69.